The minimum absolute atomic E-state index is 0.113. The molecule has 0 unspecified atom stereocenters. The van der Waals surface area contributed by atoms with Crippen molar-refractivity contribution in [3.05, 3.63) is 48.2 Å². The number of carbonyl (C=O) groups is 1. The minimum atomic E-state index is -0.113. The molecule has 0 aliphatic carbocycles. The minimum Gasteiger partial charge on any atom is -0.385 e. The fourth-order valence-corrected chi connectivity index (χ4v) is 2.74. The van der Waals surface area contributed by atoms with Gasteiger partial charge >= 0.3 is 0 Å². The van der Waals surface area contributed by atoms with Crippen molar-refractivity contribution in [3.8, 4) is 0 Å². The van der Waals surface area contributed by atoms with Crippen LogP contribution in [0.5, 0.6) is 0 Å². The van der Waals surface area contributed by atoms with Crippen LogP contribution in [0.1, 0.15) is 22.6 Å². The third-order valence-corrected chi connectivity index (χ3v) is 4.02. The van der Waals surface area contributed by atoms with E-state index in [2.05, 4.69) is 15.5 Å². The Morgan fingerprint density at radius 1 is 1.33 bits per heavy atom. The Morgan fingerprint density at radius 2 is 2.21 bits per heavy atom. The van der Waals surface area contributed by atoms with E-state index in [0.29, 0.717) is 18.7 Å². The van der Waals surface area contributed by atoms with Gasteiger partial charge in [-0.3, -0.25) is 4.79 Å². The summed E-state index contributed by atoms with van der Waals surface area (Å²) in [5.41, 5.74) is 1.70. The molecule has 24 heavy (non-hydrogen) atoms. The first-order chi connectivity index (χ1) is 11.7. The first-order valence-electron chi connectivity index (χ1n) is 7.88. The zero-order chi connectivity index (χ0) is 16.9. The molecule has 2 heterocycles. The number of rotatable bonds is 7. The fraction of sp³-hybridized carbons (Fsp3) is 0.353. The molecule has 0 fully saturated rings. The molecule has 0 atom stereocenters. The van der Waals surface area contributed by atoms with Gasteiger partial charge in [0.15, 0.2) is 5.82 Å². The fourth-order valence-electron chi connectivity index (χ4n) is 2.74. The lowest BCUT2D eigenvalue weighted by Gasteiger charge is -2.08. The van der Waals surface area contributed by atoms with Gasteiger partial charge in [0.2, 0.25) is 0 Å². The normalized spacial score (nSPS) is 11.1. The SMILES string of the molecule is COCCCn1cnnc1CNC(=O)c1cccc2c1ccn2C. The lowest BCUT2D eigenvalue weighted by molar-refractivity contribution is 0.0951. The van der Waals surface area contributed by atoms with Crippen LogP contribution in [-0.2, 0) is 24.9 Å². The Kier molecular flexibility index (Phi) is 4.90. The summed E-state index contributed by atoms with van der Waals surface area (Å²) < 4.78 is 8.98. The van der Waals surface area contributed by atoms with Gasteiger partial charge in [-0.2, -0.15) is 0 Å². The molecule has 3 rings (SSSR count). The topological polar surface area (TPSA) is 74.0 Å². The van der Waals surface area contributed by atoms with E-state index in [0.717, 1.165) is 29.7 Å². The molecule has 0 aliphatic heterocycles. The number of methoxy groups -OCH3 is 1. The summed E-state index contributed by atoms with van der Waals surface area (Å²) in [5.74, 6) is 0.623. The van der Waals surface area contributed by atoms with E-state index < -0.39 is 0 Å². The third-order valence-electron chi connectivity index (χ3n) is 4.02. The molecule has 0 aliphatic rings. The third kappa shape index (κ3) is 3.30. The summed E-state index contributed by atoms with van der Waals surface area (Å²) in [4.78, 5) is 12.5. The number of benzene rings is 1. The highest BCUT2D eigenvalue weighted by atomic mass is 16.5. The van der Waals surface area contributed by atoms with Gasteiger partial charge in [-0.25, -0.2) is 0 Å². The number of aryl methyl sites for hydroxylation is 2. The van der Waals surface area contributed by atoms with Crippen molar-refractivity contribution in [3.63, 3.8) is 0 Å². The van der Waals surface area contributed by atoms with Crippen molar-refractivity contribution >= 4 is 16.8 Å². The monoisotopic (exact) mass is 327 g/mol. The Hall–Kier alpha value is -2.67. The molecular formula is C17H21N5O2. The number of nitrogens with one attached hydrogen (secondary N) is 1. The molecule has 1 N–H and O–H groups in total. The summed E-state index contributed by atoms with van der Waals surface area (Å²) in [7, 11) is 3.64. The molecule has 2 aromatic heterocycles. The van der Waals surface area contributed by atoms with Crippen LogP contribution in [0.15, 0.2) is 36.8 Å². The van der Waals surface area contributed by atoms with Gasteiger partial charge in [-0.05, 0) is 24.6 Å². The predicted octanol–water partition coefficient (Wildman–Crippen LogP) is 1.74. The van der Waals surface area contributed by atoms with Crippen LogP contribution in [0, 0.1) is 0 Å². The summed E-state index contributed by atoms with van der Waals surface area (Å²) >= 11 is 0. The lowest BCUT2D eigenvalue weighted by Crippen LogP contribution is -2.25. The largest absolute Gasteiger partial charge is 0.385 e. The first kappa shape index (κ1) is 16.2. The van der Waals surface area contributed by atoms with Gasteiger partial charge in [-0.15, -0.1) is 10.2 Å². The maximum Gasteiger partial charge on any atom is 0.252 e. The van der Waals surface area contributed by atoms with E-state index >= 15 is 0 Å². The Bertz CT molecular complexity index is 836. The Morgan fingerprint density at radius 3 is 3.04 bits per heavy atom. The molecule has 3 aromatic rings. The Balaban J connectivity index is 1.68. The van der Waals surface area contributed by atoms with Crippen molar-refractivity contribution in [2.75, 3.05) is 13.7 Å². The molecule has 7 heteroatoms. The van der Waals surface area contributed by atoms with Crippen molar-refractivity contribution < 1.29 is 9.53 Å². The number of hydrogen-bond donors (Lipinski definition) is 1. The van der Waals surface area contributed by atoms with Gasteiger partial charge < -0.3 is 19.2 Å². The van der Waals surface area contributed by atoms with Crippen LogP contribution in [0.2, 0.25) is 0 Å². The predicted molar refractivity (Wildman–Crippen MR) is 90.6 cm³/mol. The van der Waals surface area contributed by atoms with Crippen molar-refractivity contribution in [2.45, 2.75) is 19.5 Å². The van der Waals surface area contributed by atoms with E-state index in [9.17, 15) is 4.79 Å². The molecule has 1 aromatic carbocycles. The standard InChI is InChI=1S/C17H21N5O2/c1-21-9-7-13-14(5-3-6-15(13)21)17(23)18-11-16-20-19-12-22(16)8-4-10-24-2/h3,5-7,9,12H,4,8,10-11H2,1-2H3,(H,18,23). The van der Waals surface area contributed by atoms with E-state index in [-0.39, 0.29) is 5.91 Å². The van der Waals surface area contributed by atoms with Crippen LogP contribution in [0.3, 0.4) is 0 Å². The van der Waals surface area contributed by atoms with Crippen molar-refractivity contribution in [1.29, 1.82) is 0 Å². The molecule has 126 valence electrons. The smallest absolute Gasteiger partial charge is 0.252 e. The van der Waals surface area contributed by atoms with Gasteiger partial charge in [-0.1, -0.05) is 6.07 Å². The first-order valence-corrected chi connectivity index (χ1v) is 7.88. The van der Waals surface area contributed by atoms with Crippen LogP contribution in [0.25, 0.3) is 10.9 Å². The summed E-state index contributed by atoms with van der Waals surface area (Å²) in [6.07, 6.45) is 4.50. The highest BCUT2D eigenvalue weighted by molar-refractivity contribution is 6.06. The van der Waals surface area contributed by atoms with E-state index in [4.69, 9.17) is 4.74 Å². The van der Waals surface area contributed by atoms with E-state index in [1.165, 1.54) is 0 Å². The summed E-state index contributed by atoms with van der Waals surface area (Å²) in [5, 5.41) is 11.9. The maximum absolute atomic E-state index is 12.5. The van der Waals surface area contributed by atoms with Crippen LogP contribution >= 0.6 is 0 Å². The number of aromatic nitrogens is 4. The van der Waals surface area contributed by atoms with Gasteiger partial charge in [0.1, 0.15) is 6.33 Å². The van der Waals surface area contributed by atoms with Crippen molar-refractivity contribution in [2.24, 2.45) is 7.05 Å². The summed E-state index contributed by atoms with van der Waals surface area (Å²) in [6, 6.07) is 7.68. The summed E-state index contributed by atoms with van der Waals surface area (Å²) in [6.45, 7) is 1.79. The molecule has 0 radical (unpaired) electrons. The zero-order valence-electron chi connectivity index (χ0n) is 13.9. The number of ether oxygens (including phenoxy) is 1. The van der Waals surface area contributed by atoms with Gasteiger partial charge in [0, 0.05) is 50.0 Å². The maximum atomic E-state index is 12.5. The number of fused-ring (bicyclic) bond motifs is 1. The second-order valence-electron chi connectivity index (χ2n) is 5.63. The quantitative estimate of drug-likeness (QED) is 0.671. The molecule has 0 saturated heterocycles. The molecular weight excluding hydrogens is 306 g/mol. The van der Waals surface area contributed by atoms with Gasteiger partial charge in [0.25, 0.3) is 5.91 Å². The van der Waals surface area contributed by atoms with Crippen LogP contribution in [-0.4, -0.2) is 39.0 Å². The molecule has 0 bridgehead atoms. The van der Waals surface area contributed by atoms with E-state index in [1.807, 2.05) is 46.6 Å². The number of carbonyl (C=O) groups excluding carboxylic acids is 1. The van der Waals surface area contributed by atoms with Crippen LogP contribution < -0.4 is 5.32 Å². The highest BCUT2D eigenvalue weighted by Crippen LogP contribution is 2.19. The lowest BCUT2D eigenvalue weighted by atomic mass is 10.1. The average molecular weight is 327 g/mol. The Labute approximate surface area is 140 Å². The molecule has 7 nitrogen and oxygen atoms in total. The van der Waals surface area contributed by atoms with Crippen molar-refractivity contribution in [1.82, 2.24) is 24.6 Å². The van der Waals surface area contributed by atoms with Crippen LogP contribution in [0.4, 0.5) is 0 Å². The number of nitrogens with zero attached hydrogens (tertiary/aromatic N) is 4. The second kappa shape index (κ2) is 7.27. The van der Waals surface area contributed by atoms with Gasteiger partial charge in [0.05, 0.1) is 6.54 Å². The highest BCUT2D eigenvalue weighted by Gasteiger charge is 2.12. The second-order valence-corrected chi connectivity index (χ2v) is 5.63. The number of amides is 1. The molecule has 0 spiro atoms. The average Bonchev–Trinajstić information content (AvgIpc) is 3.20. The number of hydrogen-bond acceptors (Lipinski definition) is 4. The zero-order valence-corrected chi connectivity index (χ0v) is 13.9. The van der Waals surface area contributed by atoms with E-state index in [1.54, 1.807) is 13.4 Å². The molecule has 0 saturated carbocycles. The molecule has 1 amide bonds.